The van der Waals surface area contributed by atoms with Crippen LogP contribution in [-0.4, -0.2) is 24.3 Å². The van der Waals surface area contributed by atoms with Gasteiger partial charge in [0.1, 0.15) is 5.65 Å². The molecule has 7 aromatic carbocycles. The zero-order chi connectivity index (χ0) is 38.0. The monoisotopic (exact) mass is 729 g/mol. The Morgan fingerprint density at radius 3 is 1.44 bits per heavy atom. The molecule has 0 bridgehead atoms. The van der Waals surface area contributed by atoms with E-state index in [9.17, 15) is 0 Å². The van der Waals surface area contributed by atoms with Crippen molar-refractivity contribution in [1.82, 2.24) is 24.3 Å². The van der Waals surface area contributed by atoms with Gasteiger partial charge in [0, 0.05) is 34.0 Å². The minimum atomic E-state index is 0.606. The van der Waals surface area contributed by atoms with Gasteiger partial charge in [-0.3, -0.25) is 4.40 Å². The van der Waals surface area contributed by atoms with E-state index in [2.05, 4.69) is 156 Å². The van der Waals surface area contributed by atoms with Crippen molar-refractivity contribution in [2.24, 2.45) is 0 Å². The van der Waals surface area contributed by atoms with Gasteiger partial charge in [0.15, 0.2) is 17.5 Å². The number of fused-ring (bicyclic) bond motifs is 1. The maximum absolute atomic E-state index is 5.21. The molecule has 10 rings (SSSR count). The minimum absolute atomic E-state index is 0.606. The zero-order valence-corrected chi connectivity index (χ0v) is 30.9. The third-order valence-corrected chi connectivity index (χ3v) is 10.3. The Morgan fingerprint density at radius 2 is 0.737 bits per heavy atom. The van der Waals surface area contributed by atoms with Gasteiger partial charge in [-0.25, -0.2) is 19.9 Å². The molecule has 5 nitrogen and oxygen atoms in total. The Bertz CT molecular complexity index is 3010. The molecule has 0 aliphatic carbocycles. The van der Waals surface area contributed by atoms with Crippen molar-refractivity contribution < 1.29 is 0 Å². The van der Waals surface area contributed by atoms with Crippen molar-refractivity contribution in [2.45, 2.75) is 0 Å². The highest BCUT2D eigenvalue weighted by molar-refractivity contribution is 5.87. The summed E-state index contributed by atoms with van der Waals surface area (Å²) >= 11 is 0. The highest BCUT2D eigenvalue weighted by atomic mass is 15.0. The summed E-state index contributed by atoms with van der Waals surface area (Å²) in [7, 11) is 0. The summed E-state index contributed by atoms with van der Waals surface area (Å²) in [6, 6.07) is 71.3. The van der Waals surface area contributed by atoms with Crippen LogP contribution < -0.4 is 0 Å². The summed E-state index contributed by atoms with van der Waals surface area (Å²) in [6.45, 7) is 0. The first-order chi connectivity index (χ1) is 28.2. The Balaban J connectivity index is 1.09. The standard InChI is InChI=1S/C52H35N5/c1-4-17-36(18-5-1)39-23-14-24-40(33-39)41-25-15-28-44(34-41)51-54-50(38-21-8-3-9-22-38)55-52(56-51)46-30-11-10-29-45(46)42-26-16-27-43(35-42)48-49(37-19-6-2-7-20-37)57-32-13-12-31-47(57)53-48/h1-35H. The normalized spacial score (nSPS) is 11.2. The number of hydrogen-bond donors (Lipinski definition) is 0. The lowest BCUT2D eigenvalue weighted by atomic mass is 9.95. The zero-order valence-electron chi connectivity index (χ0n) is 30.9. The van der Waals surface area contributed by atoms with Crippen LogP contribution in [0.1, 0.15) is 0 Å². The molecule has 0 spiro atoms. The van der Waals surface area contributed by atoms with Gasteiger partial charge in [-0.1, -0.05) is 176 Å². The molecule has 0 aliphatic heterocycles. The second-order valence-electron chi connectivity index (χ2n) is 13.9. The molecule has 0 amide bonds. The predicted molar refractivity (Wildman–Crippen MR) is 232 cm³/mol. The SMILES string of the molecule is c1ccc(-c2cccc(-c3cccc(-c4nc(-c5ccccc5)nc(-c5ccccc5-c5cccc(-c6nc7ccccn7c6-c6ccccc6)c5)n4)c3)c2)cc1. The van der Waals surface area contributed by atoms with Gasteiger partial charge in [0.05, 0.1) is 11.4 Å². The topological polar surface area (TPSA) is 56.0 Å². The van der Waals surface area contributed by atoms with E-state index in [0.29, 0.717) is 17.5 Å². The van der Waals surface area contributed by atoms with Gasteiger partial charge >= 0.3 is 0 Å². The fraction of sp³-hybridized carbons (Fsp3) is 0. The summed E-state index contributed by atoms with van der Waals surface area (Å²) in [4.78, 5) is 20.6. The molecule has 0 saturated carbocycles. The average molecular weight is 730 g/mol. The van der Waals surface area contributed by atoms with Gasteiger partial charge in [-0.05, 0) is 63.7 Å². The third kappa shape index (κ3) is 6.68. The fourth-order valence-electron chi connectivity index (χ4n) is 7.52. The van der Waals surface area contributed by atoms with Crippen LogP contribution in [0.4, 0.5) is 0 Å². The van der Waals surface area contributed by atoms with E-state index in [1.54, 1.807) is 0 Å². The number of hydrogen-bond acceptors (Lipinski definition) is 4. The van der Waals surface area contributed by atoms with Crippen LogP contribution in [0.3, 0.4) is 0 Å². The van der Waals surface area contributed by atoms with Crippen LogP contribution in [0.25, 0.3) is 95.7 Å². The van der Waals surface area contributed by atoms with Crippen LogP contribution in [0.15, 0.2) is 212 Å². The Morgan fingerprint density at radius 1 is 0.281 bits per heavy atom. The fourth-order valence-corrected chi connectivity index (χ4v) is 7.52. The molecule has 268 valence electrons. The highest BCUT2D eigenvalue weighted by Gasteiger charge is 2.19. The predicted octanol–water partition coefficient (Wildman–Crippen LogP) is 12.9. The van der Waals surface area contributed by atoms with E-state index in [4.69, 9.17) is 19.9 Å². The second-order valence-corrected chi connectivity index (χ2v) is 13.9. The van der Waals surface area contributed by atoms with E-state index >= 15 is 0 Å². The number of pyridine rings is 1. The van der Waals surface area contributed by atoms with E-state index in [1.807, 2.05) is 60.7 Å². The number of imidazole rings is 1. The quantitative estimate of drug-likeness (QED) is 0.156. The lowest BCUT2D eigenvalue weighted by molar-refractivity contribution is 1.07. The molecule has 0 saturated heterocycles. The van der Waals surface area contributed by atoms with Crippen molar-refractivity contribution in [2.75, 3.05) is 0 Å². The molecule has 0 aliphatic rings. The smallest absolute Gasteiger partial charge is 0.164 e. The van der Waals surface area contributed by atoms with E-state index in [-0.39, 0.29) is 0 Å². The third-order valence-electron chi connectivity index (χ3n) is 10.3. The lowest BCUT2D eigenvalue weighted by Gasteiger charge is -2.13. The van der Waals surface area contributed by atoms with Crippen LogP contribution >= 0.6 is 0 Å². The van der Waals surface area contributed by atoms with E-state index < -0.39 is 0 Å². The first-order valence-electron chi connectivity index (χ1n) is 19.1. The molecule has 3 heterocycles. The van der Waals surface area contributed by atoms with Crippen molar-refractivity contribution >= 4 is 5.65 Å². The van der Waals surface area contributed by atoms with Gasteiger partial charge in [0.25, 0.3) is 0 Å². The molecule has 0 radical (unpaired) electrons. The summed E-state index contributed by atoms with van der Waals surface area (Å²) in [5.74, 6) is 1.84. The molecule has 3 aromatic heterocycles. The van der Waals surface area contributed by atoms with Crippen LogP contribution in [-0.2, 0) is 0 Å². The van der Waals surface area contributed by atoms with Crippen molar-refractivity contribution in [3.8, 4) is 90.1 Å². The summed E-state index contributed by atoms with van der Waals surface area (Å²) in [5, 5.41) is 0. The first kappa shape index (κ1) is 33.8. The second kappa shape index (κ2) is 14.8. The number of aromatic nitrogens is 5. The van der Waals surface area contributed by atoms with Crippen LogP contribution in [0.2, 0.25) is 0 Å². The largest absolute Gasteiger partial charge is 0.299 e. The summed E-state index contributed by atoms with van der Waals surface area (Å²) in [6.07, 6.45) is 2.08. The molecule has 0 atom stereocenters. The van der Waals surface area contributed by atoms with Crippen molar-refractivity contribution in [1.29, 1.82) is 0 Å². The Labute approximate surface area is 331 Å². The minimum Gasteiger partial charge on any atom is -0.299 e. The van der Waals surface area contributed by atoms with Gasteiger partial charge in [-0.15, -0.1) is 0 Å². The average Bonchev–Trinajstić information content (AvgIpc) is 3.70. The maximum atomic E-state index is 5.21. The van der Waals surface area contributed by atoms with Gasteiger partial charge < -0.3 is 0 Å². The first-order valence-corrected chi connectivity index (χ1v) is 19.1. The number of benzene rings is 7. The summed E-state index contributed by atoms with van der Waals surface area (Å²) < 4.78 is 2.16. The molecule has 0 fully saturated rings. The lowest BCUT2D eigenvalue weighted by Crippen LogP contribution is -2.01. The molecule has 0 unspecified atom stereocenters. The maximum Gasteiger partial charge on any atom is 0.164 e. The van der Waals surface area contributed by atoms with Crippen LogP contribution in [0.5, 0.6) is 0 Å². The van der Waals surface area contributed by atoms with Gasteiger partial charge in [-0.2, -0.15) is 0 Å². The highest BCUT2D eigenvalue weighted by Crippen LogP contribution is 2.38. The van der Waals surface area contributed by atoms with Crippen molar-refractivity contribution in [3.63, 3.8) is 0 Å². The van der Waals surface area contributed by atoms with E-state index in [0.717, 1.165) is 67.1 Å². The van der Waals surface area contributed by atoms with Crippen molar-refractivity contribution in [3.05, 3.63) is 212 Å². The Hall–Kier alpha value is -7.76. The molecule has 0 N–H and O–H groups in total. The Kier molecular flexibility index (Phi) is 8.78. The number of nitrogens with zero attached hydrogens (tertiary/aromatic N) is 5. The molecule has 57 heavy (non-hydrogen) atoms. The summed E-state index contributed by atoms with van der Waals surface area (Å²) in [5.41, 5.74) is 14.4. The van der Waals surface area contributed by atoms with E-state index in [1.165, 1.54) is 11.1 Å². The van der Waals surface area contributed by atoms with Gasteiger partial charge in [0.2, 0.25) is 0 Å². The molecule has 5 heteroatoms. The van der Waals surface area contributed by atoms with Crippen LogP contribution in [0, 0.1) is 0 Å². The number of rotatable bonds is 8. The molecule has 10 aromatic rings. The molecular formula is C52H35N5. The molecular weight excluding hydrogens is 695 g/mol.